The van der Waals surface area contributed by atoms with Crippen molar-refractivity contribution in [2.75, 3.05) is 52.9 Å². The molecule has 26 N–H and O–H groups in total. The van der Waals surface area contributed by atoms with Crippen molar-refractivity contribution in [2.24, 2.45) is 0 Å². The number of rotatable bonds is 26. The van der Waals surface area contributed by atoms with Crippen LogP contribution >= 0.6 is 0 Å². The molecule has 0 aromatic heterocycles. The maximum Gasteiger partial charge on any atom is 0.187 e. The number of aliphatic hydroxyl groups is 26. The first kappa shape index (κ1) is 74.5. The second-order valence-electron chi connectivity index (χ2n) is 22.0. The van der Waals surface area contributed by atoms with Crippen molar-refractivity contribution >= 4 is 6.29 Å². The molecule has 39 atom stereocenters. The number of carbonyl (C=O) groups is 1. The molecule has 0 amide bonds. The molecule has 39 unspecified atom stereocenters. The van der Waals surface area contributed by atoms with E-state index < -0.39 is 292 Å². The minimum absolute atomic E-state index is 0.140. The summed E-state index contributed by atoms with van der Waals surface area (Å²) in [5, 5.41) is 276. The van der Waals surface area contributed by atoms with E-state index in [2.05, 4.69) is 0 Å². The van der Waals surface area contributed by atoms with Gasteiger partial charge < -0.3 is 204 Å². The van der Waals surface area contributed by atoms with Crippen LogP contribution in [0.5, 0.6) is 0 Å². The first-order valence-electron chi connectivity index (χ1n) is 27.9. The van der Waals surface area contributed by atoms with Crippen molar-refractivity contribution in [1.82, 2.24) is 0 Å². The van der Waals surface area contributed by atoms with Crippen LogP contribution in [0.2, 0.25) is 0 Å². The third-order valence-corrected chi connectivity index (χ3v) is 16.2. The Morgan fingerprint density at radius 1 is 0.292 bits per heavy atom. The third-order valence-electron chi connectivity index (χ3n) is 16.2. The fourth-order valence-electron chi connectivity index (χ4n) is 11.0. The number of hydrogen-bond donors (Lipinski definition) is 26. The minimum Gasteiger partial charge on any atom is -0.394 e. The van der Waals surface area contributed by atoms with Crippen LogP contribution in [0.25, 0.3) is 0 Å². The van der Waals surface area contributed by atoms with E-state index in [1.165, 1.54) is 0 Å². The van der Waals surface area contributed by atoms with Gasteiger partial charge >= 0.3 is 0 Å². The highest BCUT2D eigenvalue weighted by Crippen LogP contribution is 2.38. The zero-order valence-electron chi connectivity index (χ0n) is 46.5. The lowest BCUT2D eigenvalue weighted by molar-refractivity contribution is -0.398. The number of aliphatic hydroxyl groups excluding tert-OH is 26. The van der Waals surface area contributed by atoms with Gasteiger partial charge in [-0.1, -0.05) is 0 Å². The third kappa shape index (κ3) is 15.8. The SMILES string of the molecule is O=CC(O)C(O)C(OC1OC(CO)C(OC2OC(CO)C(OC3OC(CO)C(OC4OC(CO)C(OC5OC(CO)C(OC6OC(CO)C(OC7OC(CO)C(O)C(O)C7O)C(O)C6O)C(O)C5O)C(O)C4O)C(O)C3O)C(O)C2O)C(O)C1O)C(O)CO. The smallest absolute Gasteiger partial charge is 0.187 e. The molecule has 0 aliphatic carbocycles. The molecule has 520 valence electrons. The summed E-state index contributed by atoms with van der Waals surface area (Å²) in [4.78, 5) is 11.1. The molecular formula is C48H82O41. The topological polar surface area (TPSA) is 672 Å². The molecule has 41 nitrogen and oxygen atoms in total. The Hall–Kier alpha value is -1.93. The molecule has 7 fully saturated rings. The van der Waals surface area contributed by atoms with Crippen molar-refractivity contribution < 1.29 is 204 Å². The van der Waals surface area contributed by atoms with Gasteiger partial charge in [0.1, 0.15) is 195 Å². The van der Waals surface area contributed by atoms with E-state index in [4.69, 9.17) is 66.3 Å². The van der Waals surface area contributed by atoms with Gasteiger partial charge in [0.15, 0.2) is 50.3 Å². The summed E-state index contributed by atoms with van der Waals surface area (Å²) in [6.45, 7) is -8.41. The molecule has 0 spiro atoms. The largest absolute Gasteiger partial charge is 0.394 e. The maximum absolute atomic E-state index is 11.4. The summed E-state index contributed by atoms with van der Waals surface area (Å²) in [5.41, 5.74) is 0. The zero-order chi connectivity index (χ0) is 65.8. The Balaban J connectivity index is 0.940. The van der Waals surface area contributed by atoms with Crippen molar-refractivity contribution in [2.45, 2.75) is 239 Å². The molecule has 7 saturated heterocycles. The van der Waals surface area contributed by atoms with Gasteiger partial charge in [-0.25, -0.2) is 0 Å². The van der Waals surface area contributed by atoms with Gasteiger partial charge in [0.25, 0.3) is 0 Å². The first-order chi connectivity index (χ1) is 42.2. The van der Waals surface area contributed by atoms with Gasteiger partial charge in [0, 0.05) is 0 Å². The van der Waals surface area contributed by atoms with Crippen LogP contribution < -0.4 is 0 Å². The number of ether oxygens (including phenoxy) is 14. The van der Waals surface area contributed by atoms with Gasteiger partial charge in [-0.3, -0.25) is 0 Å². The van der Waals surface area contributed by atoms with Crippen molar-refractivity contribution in [3.63, 3.8) is 0 Å². The number of carbonyl (C=O) groups excluding carboxylic acids is 1. The molecule has 7 aliphatic heterocycles. The molecule has 0 aromatic rings. The maximum atomic E-state index is 11.4. The van der Waals surface area contributed by atoms with E-state index in [0.29, 0.717) is 0 Å². The Morgan fingerprint density at radius 2 is 0.506 bits per heavy atom. The average molecular weight is 1320 g/mol. The Kier molecular flexibility index (Phi) is 27.3. The molecule has 0 radical (unpaired) electrons. The van der Waals surface area contributed by atoms with Gasteiger partial charge in [0.2, 0.25) is 0 Å². The summed E-state index contributed by atoms with van der Waals surface area (Å²) in [6.07, 6.45) is -78.7. The minimum atomic E-state index is -2.28. The number of hydrogen-bond acceptors (Lipinski definition) is 41. The lowest BCUT2D eigenvalue weighted by atomic mass is 9.95. The molecule has 7 rings (SSSR count). The van der Waals surface area contributed by atoms with Gasteiger partial charge in [0.05, 0.1) is 52.9 Å². The quantitative estimate of drug-likeness (QED) is 0.0358. The summed E-state index contributed by atoms with van der Waals surface area (Å²) < 4.78 is 77.9. The second kappa shape index (κ2) is 32.7. The number of aldehydes is 1. The monoisotopic (exact) mass is 1310 g/mol. The fourth-order valence-corrected chi connectivity index (χ4v) is 11.0. The van der Waals surface area contributed by atoms with Crippen molar-refractivity contribution in [3.05, 3.63) is 0 Å². The fraction of sp³-hybridized carbons (Fsp3) is 0.979. The summed E-state index contributed by atoms with van der Waals surface area (Å²) in [6, 6.07) is 0. The lowest BCUT2D eigenvalue weighted by Gasteiger charge is -2.50. The normalized spacial score (nSPS) is 49.8. The van der Waals surface area contributed by atoms with E-state index in [-0.39, 0.29) is 6.29 Å². The van der Waals surface area contributed by atoms with Crippen molar-refractivity contribution in [3.8, 4) is 0 Å². The van der Waals surface area contributed by atoms with E-state index >= 15 is 0 Å². The predicted molar refractivity (Wildman–Crippen MR) is 266 cm³/mol. The summed E-state index contributed by atoms with van der Waals surface area (Å²) in [5.74, 6) is 0. The van der Waals surface area contributed by atoms with Crippen LogP contribution in [-0.4, -0.2) is 431 Å². The van der Waals surface area contributed by atoms with Crippen LogP contribution in [0.3, 0.4) is 0 Å². The molecule has 0 bridgehead atoms. The highest BCUT2D eigenvalue weighted by molar-refractivity contribution is 5.56. The van der Waals surface area contributed by atoms with E-state index in [1.807, 2.05) is 0 Å². The Bertz CT molecular complexity index is 2100. The van der Waals surface area contributed by atoms with Gasteiger partial charge in [-0.05, 0) is 0 Å². The van der Waals surface area contributed by atoms with Gasteiger partial charge in [-0.2, -0.15) is 0 Å². The second-order valence-corrected chi connectivity index (χ2v) is 22.0. The average Bonchev–Trinajstić information content (AvgIpc) is 2.22. The lowest BCUT2D eigenvalue weighted by Crippen LogP contribution is -2.68. The first-order valence-corrected chi connectivity index (χ1v) is 27.9. The van der Waals surface area contributed by atoms with Crippen LogP contribution in [0.4, 0.5) is 0 Å². The molecule has 0 saturated carbocycles. The zero-order valence-corrected chi connectivity index (χ0v) is 46.5. The van der Waals surface area contributed by atoms with Crippen LogP contribution in [-0.2, 0) is 71.1 Å². The van der Waals surface area contributed by atoms with Crippen LogP contribution in [0.15, 0.2) is 0 Å². The van der Waals surface area contributed by atoms with E-state index in [0.717, 1.165) is 0 Å². The van der Waals surface area contributed by atoms with Crippen LogP contribution in [0.1, 0.15) is 0 Å². The van der Waals surface area contributed by atoms with Crippen molar-refractivity contribution in [1.29, 1.82) is 0 Å². The summed E-state index contributed by atoms with van der Waals surface area (Å²) in [7, 11) is 0. The molecular weight excluding hydrogens is 1230 g/mol. The highest BCUT2D eigenvalue weighted by atomic mass is 16.8. The van der Waals surface area contributed by atoms with Crippen LogP contribution in [0, 0.1) is 0 Å². The Morgan fingerprint density at radius 3 is 0.730 bits per heavy atom. The predicted octanol–water partition coefficient (Wildman–Crippen LogP) is -18.6. The molecule has 7 aliphatic rings. The summed E-state index contributed by atoms with van der Waals surface area (Å²) >= 11 is 0. The highest BCUT2D eigenvalue weighted by Gasteiger charge is 2.59. The molecule has 89 heavy (non-hydrogen) atoms. The van der Waals surface area contributed by atoms with E-state index in [1.54, 1.807) is 0 Å². The molecule has 0 aromatic carbocycles. The molecule has 41 heteroatoms. The Labute approximate surface area is 501 Å². The molecule has 7 heterocycles. The standard InChI is InChI=1S/C48H82O41/c49-1-10(58)19(60)35(11(59)2-50)83-43-29(70)22(63)37(13(4-52)77-43)85-45-31(72)24(65)39(15(6-54)79-45)87-47-33(74)26(67)41(17(8-56)81-47)89-48-34(75)27(68)40(18(9-57)82-48)88-46-32(73)25(66)38(16(7-55)80-46)86-44-30(71)23(64)36(14(5-53)78-44)84-42-28(69)21(62)20(61)12(3-51)76-42/h1,10-48,50-75H,2-9H2. The van der Waals surface area contributed by atoms with Gasteiger partial charge in [-0.15, -0.1) is 0 Å². The van der Waals surface area contributed by atoms with E-state index in [9.17, 15) is 138 Å².